The molecular formula is C19H30N4O2. The second-order valence-electron chi connectivity index (χ2n) is 7.35. The lowest BCUT2D eigenvalue weighted by atomic mass is 10.0. The first-order valence-corrected chi connectivity index (χ1v) is 9.54. The Kier molecular flexibility index (Phi) is 6.64. The smallest absolute Gasteiger partial charge is 0.315 e. The Labute approximate surface area is 150 Å². The molecule has 0 aromatic carbocycles. The molecule has 0 radical (unpaired) electrons. The standard InChI is InChI=1S/C19H30N4O2/c24-14-15(11-16-5-3-4-9-20-16)12-21-19(25)22-17-8-10-23(13-17)18-6-1-2-7-18/h3-5,9,15,17-18,24H,1-2,6-8,10-14H2,(H2,21,22,25). The van der Waals surface area contributed by atoms with Gasteiger partial charge in [-0.05, 0) is 37.8 Å². The van der Waals surface area contributed by atoms with Crippen molar-refractivity contribution < 1.29 is 9.90 Å². The van der Waals surface area contributed by atoms with Gasteiger partial charge < -0.3 is 15.7 Å². The molecule has 3 rings (SSSR count). The van der Waals surface area contributed by atoms with Gasteiger partial charge >= 0.3 is 6.03 Å². The number of nitrogens with one attached hydrogen (secondary N) is 2. The van der Waals surface area contributed by atoms with Crippen molar-refractivity contribution in [3.8, 4) is 0 Å². The second-order valence-corrected chi connectivity index (χ2v) is 7.35. The fraction of sp³-hybridized carbons (Fsp3) is 0.684. The number of likely N-dealkylation sites (tertiary alicyclic amines) is 1. The van der Waals surface area contributed by atoms with E-state index >= 15 is 0 Å². The number of aromatic nitrogens is 1. The lowest BCUT2D eigenvalue weighted by molar-refractivity contribution is 0.210. The van der Waals surface area contributed by atoms with Gasteiger partial charge in [-0.15, -0.1) is 0 Å². The van der Waals surface area contributed by atoms with Gasteiger partial charge in [0, 0.05) is 56.1 Å². The molecule has 0 spiro atoms. The van der Waals surface area contributed by atoms with Crippen molar-refractivity contribution in [2.75, 3.05) is 26.2 Å². The molecule has 1 aliphatic heterocycles. The van der Waals surface area contributed by atoms with Gasteiger partial charge in [-0.25, -0.2) is 4.79 Å². The lowest BCUT2D eigenvalue weighted by Crippen LogP contribution is -2.45. The van der Waals surface area contributed by atoms with Gasteiger partial charge in [0.1, 0.15) is 0 Å². The van der Waals surface area contributed by atoms with Crippen molar-refractivity contribution in [2.45, 2.75) is 50.6 Å². The van der Waals surface area contributed by atoms with Crippen molar-refractivity contribution in [2.24, 2.45) is 5.92 Å². The van der Waals surface area contributed by atoms with Gasteiger partial charge in [0.2, 0.25) is 0 Å². The number of hydrogen-bond donors (Lipinski definition) is 3. The van der Waals surface area contributed by atoms with Crippen molar-refractivity contribution in [3.63, 3.8) is 0 Å². The maximum absolute atomic E-state index is 12.2. The molecule has 3 N–H and O–H groups in total. The monoisotopic (exact) mass is 346 g/mol. The Bertz CT molecular complexity index is 533. The SMILES string of the molecule is O=C(NCC(CO)Cc1ccccn1)NC1CCN(C2CCCC2)C1. The Hall–Kier alpha value is -1.66. The van der Waals surface area contributed by atoms with Crippen LogP contribution in [0.25, 0.3) is 0 Å². The maximum Gasteiger partial charge on any atom is 0.315 e. The summed E-state index contributed by atoms with van der Waals surface area (Å²) in [6.07, 6.45) is 8.75. The summed E-state index contributed by atoms with van der Waals surface area (Å²) in [7, 11) is 0. The van der Waals surface area contributed by atoms with Gasteiger partial charge in [-0.1, -0.05) is 18.9 Å². The molecule has 1 saturated carbocycles. The molecule has 2 fully saturated rings. The van der Waals surface area contributed by atoms with E-state index in [2.05, 4.69) is 20.5 Å². The fourth-order valence-corrected chi connectivity index (χ4v) is 4.00. The Balaban J connectivity index is 1.37. The van der Waals surface area contributed by atoms with Gasteiger partial charge in [-0.3, -0.25) is 9.88 Å². The summed E-state index contributed by atoms with van der Waals surface area (Å²) < 4.78 is 0. The highest BCUT2D eigenvalue weighted by molar-refractivity contribution is 5.74. The van der Waals surface area contributed by atoms with Crippen molar-refractivity contribution in [1.29, 1.82) is 0 Å². The number of amides is 2. The number of pyridine rings is 1. The summed E-state index contributed by atoms with van der Waals surface area (Å²) in [6, 6.07) is 6.60. The van der Waals surface area contributed by atoms with Gasteiger partial charge in [0.25, 0.3) is 0 Å². The van der Waals surface area contributed by atoms with E-state index in [1.165, 1.54) is 25.7 Å². The quantitative estimate of drug-likeness (QED) is 0.700. The van der Waals surface area contributed by atoms with Crippen LogP contribution in [0.4, 0.5) is 4.79 Å². The highest BCUT2D eigenvalue weighted by Gasteiger charge is 2.30. The zero-order chi connectivity index (χ0) is 17.5. The third-order valence-electron chi connectivity index (χ3n) is 5.43. The summed E-state index contributed by atoms with van der Waals surface area (Å²) in [6.45, 7) is 2.55. The Morgan fingerprint density at radius 3 is 2.88 bits per heavy atom. The van der Waals surface area contributed by atoms with Crippen LogP contribution in [-0.4, -0.2) is 59.3 Å². The van der Waals surface area contributed by atoms with E-state index in [0.29, 0.717) is 13.0 Å². The summed E-state index contributed by atoms with van der Waals surface area (Å²) in [5, 5.41) is 15.5. The summed E-state index contributed by atoms with van der Waals surface area (Å²) in [5.41, 5.74) is 0.937. The predicted octanol–water partition coefficient (Wildman–Crippen LogP) is 1.55. The first-order chi connectivity index (χ1) is 12.2. The zero-order valence-corrected chi connectivity index (χ0v) is 14.9. The first kappa shape index (κ1) is 18.1. The molecule has 0 bridgehead atoms. The summed E-state index contributed by atoms with van der Waals surface area (Å²) in [5.74, 6) is -0.0146. The molecule has 1 aromatic rings. The van der Waals surface area contributed by atoms with Crippen molar-refractivity contribution >= 4 is 6.03 Å². The van der Waals surface area contributed by atoms with Crippen LogP contribution in [0.15, 0.2) is 24.4 Å². The second kappa shape index (κ2) is 9.15. The summed E-state index contributed by atoms with van der Waals surface area (Å²) in [4.78, 5) is 19.0. The number of urea groups is 1. The average Bonchev–Trinajstić information content (AvgIpc) is 3.31. The molecule has 2 unspecified atom stereocenters. The van der Waals surface area contributed by atoms with Gasteiger partial charge in [-0.2, -0.15) is 0 Å². The predicted molar refractivity (Wildman–Crippen MR) is 97.3 cm³/mol. The average molecular weight is 346 g/mol. The Morgan fingerprint density at radius 1 is 1.32 bits per heavy atom. The highest BCUT2D eigenvalue weighted by Crippen LogP contribution is 2.26. The van der Waals surface area contributed by atoms with E-state index in [9.17, 15) is 9.90 Å². The van der Waals surface area contributed by atoms with E-state index in [0.717, 1.165) is 31.2 Å². The van der Waals surface area contributed by atoms with Crippen molar-refractivity contribution in [3.05, 3.63) is 30.1 Å². The minimum Gasteiger partial charge on any atom is -0.396 e. The van der Waals surface area contributed by atoms with E-state index in [1.54, 1.807) is 6.20 Å². The number of nitrogens with zero attached hydrogens (tertiary/aromatic N) is 2. The lowest BCUT2D eigenvalue weighted by Gasteiger charge is -2.23. The number of carbonyl (C=O) groups is 1. The minimum atomic E-state index is -0.127. The van der Waals surface area contributed by atoms with Crippen LogP contribution in [0.2, 0.25) is 0 Å². The number of rotatable bonds is 7. The Morgan fingerprint density at radius 2 is 2.16 bits per heavy atom. The topological polar surface area (TPSA) is 77.5 Å². The summed E-state index contributed by atoms with van der Waals surface area (Å²) >= 11 is 0. The molecule has 1 aromatic heterocycles. The van der Waals surface area contributed by atoms with Gasteiger partial charge in [0.15, 0.2) is 0 Å². The van der Waals surface area contributed by atoms with E-state index in [1.807, 2.05) is 18.2 Å². The third-order valence-corrected chi connectivity index (χ3v) is 5.43. The van der Waals surface area contributed by atoms with Crippen LogP contribution >= 0.6 is 0 Å². The highest BCUT2D eigenvalue weighted by atomic mass is 16.3. The molecule has 2 atom stereocenters. The molecule has 2 amide bonds. The molecule has 1 saturated heterocycles. The molecular weight excluding hydrogens is 316 g/mol. The van der Waals surface area contributed by atoms with Crippen LogP contribution in [0, 0.1) is 5.92 Å². The van der Waals surface area contributed by atoms with Crippen LogP contribution in [0.3, 0.4) is 0 Å². The molecule has 2 heterocycles. The third kappa shape index (κ3) is 5.41. The van der Waals surface area contributed by atoms with Crippen molar-refractivity contribution in [1.82, 2.24) is 20.5 Å². The first-order valence-electron chi connectivity index (χ1n) is 9.54. The maximum atomic E-state index is 12.2. The molecule has 138 valence electrons. The number of aliphatic hydroxyl groups excluding tert-OH is 1. The van der Waals surface area contributed by atoms with Crippen LogP contribution in [0.5, 0.6) is 0 Å². The molecule has 1 aliphatic carbocycles. The van der Waals surface area contributed by atoms with E-state index < -0.39 is 0 Å². The number of carbonyl (C=O) groups excluding carboxylic acids is 1. The normalized spacial score (nSPS) is 22.8. The van der Waals surface area contributed by atoms with Gasteiger partial charge in [0.05, 0.1) is 0 Å². The van der Waals surface area contributed by atoms with Crippen LogP contribution < -0.4 is 10.6 Å². The van der Waals surface area contributed by atoms with E-state index in [-0.39, 0.29) is 24.6 Å². The van der Waals surface area contributed by atoms with E-state index in [4.69, 9.17) is 0 Å². The molecule has 2 aliphatic rings. The minimum absolute atomic E-state index is 0.0146. The zero-order valence-electron chi connectivity index (χ0n) is 14.9. The molecule has 6 nitrogen and oxygen atoms in total. The number of aliphatic hydroxyl groups is 1. The largest absolute Gasteiger partial charge is 0.396 e. The molecule has 6 heteroatoms. The number of hydrogen-bond acceptors (Lipinski definition) is 4. The fourth-order valence-electron chi connectivity index (χ4n) is 4.00. The van der Waals surface area contributed by atoms with Crippen LogP contribution in [0.1, 0.15) is 37.8 Å². The van der Waals surface area contributed by atoms with Crippen LogP contribution in [-0.2, 0) is 6.42 Å². The molecule has 25 heavy (non-hydrogen) atoms.